The van der Waals surface area contributed by atoms with Crippen LogP contribution in [0.2, 0.25) is 0 Å². The highest BCUT2D eigenvalue weighted by atomic mass is 16.5. The highest BCUT2D eigenvalue weighted by Crippen LogP contribution is 2.20. The summed E-state index contributed by atoms with van der Waals surface area (Å²) < 4.78 is 5.23. The molecular weight excluding hydrogens is 216 g/mol. The van der Waals surface area contributed by atoms with E-state index in [1.54, 1.807) is 0 Å². The van der Waals surface area contributed by atoms with Gasteiger partial charge >= 0.3 is 0 Å². The molecule has 1 aromatic heterocycles. The second-order valence-corrected chi connectivity index (χ2v) is 3.82. The monoisotopic (exact) mass is 232 g/mol. The molecule has 5 nitrogen and oxygen atoms in total. The predicted octanol–water partition coefficient (Wildman–Crippen LogP) is 1.65. The lowest BCUT2D eigenvalue weighted by Gasteiger charge is -2.08. The maximum Gasteiger partial charge on any atom is 0.266 e. The van der Waals surface area contributed by atoms with E-state index < -0.39 is 0 Å². The Bertz CT molecular complexity index is 495. The molecule has 0 unspecified atom stereocenters. The molecule has 90 valence electrons. The van der Waals surface area contributed by atoms with Crippen LogP contribution in [0.25, 0.3) is 11.5 Å². The van der Waals surface area contributed by atoms with E-state index in [9.17, 15) is 0 Å². The fraction of sp³-hybridized carbons (Fsp3) is 0.333. The number of rotatable bonds is 4. The van der Waals surface area contributed by atoms with Crippen LogP contribution in [0, 0.1) is 0 Å². The maximum atomic E-state index is 5.60. The maximum absolute atomic E-state index is 5.60. The minimum atomic E-state index is 0.504. The molecule has 0 saturated heterocycles. The van der Waals surface area contributed by atoms with Crippen LogP contribution < -0.4 is 10.6 Å². The van der Waals surface area contributed by atoms with Crippen molar-refractivity contribution >= 4 is 5.95 Å². The Labute approximate surface area is 100 Å². The summed E-state index contributed by atoms with van der Waals surface area (Å²) in [5, 5.41) is 3.93. The van der Waals surface area contributed by atoms with E-state index in [1.807, 2.05) is 43.1 Å². The zero-order valence-electron chi connectivity index (χ0n) is 10.1. The number of aromatic nitrogens is 2. The number of nitrogens with two attached hydrogens (primary N) is 1. The van der Waals surface area contributed by atoms with Gasteiger partial charge in [-0.1, -0.05) is 12.1 Å². The van der Waals surface area contributed by atoms with Gasteiger partial charge in [0.25, 0.3) is 11.8 Å². The number of nitrogens with zero attached hydrogens (tertiary/aromatic N) is 3. The zero-order chi connectivity index (χ0) is 12.3. The van der Waals surface area contributed by atoms with Crippen molar-refractivity contribution in [3.05, 3.63) is 29.8 Å². The first kappa shape index (κ1) is 11.6. The summed E-state index contributed by atoms with van der Waals surface area (Å²) in [5.74, 6) is 1.12. The van der Waals surface area contributed by atoms with Crippen molar-refractivity contribution < 1.29 is 4.52 Å². The van der Waals surface area contributed by atoms with Crippen molar-refractivity contribution in [3.63, 3.8) is 0 Å². The molecule has 0 aliphatic rings. The van der Waals surface area contributed by atoms with Crippen molar-refractivity contribution in [1.82, 2.24) is 10.1 Å². The van der Waals surface area contributed by atoms with Crippen LogP contribution in [-0.2, 0) is 6.54 Å². The van der Waals surface area contributed by atoms with Gasteiger partial charge in [-0.2, -0.15) is 4.98 Å². The summed E-state index contributed by atoms with van der Waals surface area (Å²) in [5.41, 5.74) is 7.54. The second-order valence-electron chi connectivity index (χ2n) is 3.82. The van der Waals surface area contributed by atoms with E-state index in [0.29, 0.717) is 18.4 Å². The molecule has 1 heterocycles. The molecule has 0 bridgehead atoms. The van der Waals surface area contributed by atoms with Crippen LogP contribution in [-0.4, -0.2) is 23.7 Å². The van der Waals surface area contributed by atoms with Gasteiger partial charge in [-0.25, -0.2) is 0 Å². The van der Waals surface area contributed by atoms with Crippen LogP contribution in [0.15, 0.2) is 28.8 Å². The first-order valence-electron chi connectivity index (χ1n) is 5.58. The topological polar surface area (TPSA) is 68.2 Å². The SMILES string of the molecule is CCN(C)c1noc(-c2cccc(CN)c2)n1. The molecule has 0 atom stereocenters. The van der Waals surface area contributed by atoms with Crippen molar-refractivity contribution in [2.45, 2.75) is 13.5 Å². The third-order valence-corrected chi connectivity index (χ3v) is 2.64. The van der Waals surface area contributed by atoms with Crippen LogP contribution >= 0.6 is 0 Å². The number of anilines is 1. The Balaban J connectivity index is 2.30. The molecule has 0 spiro atoms. The van der Waals surface area contributed by atoms with Gasteiger partial charge in [0.2, 0.25) is 0 Å². The largest absolute Gasteiger partial charge is 0.342 e. The van der Waals surface area contributed by atoms with E-state index in [0.717, 1.165) is 17.7 Å². The Morgan fingerprint density at radius 2 is 2.24 bits per heavy atom. The fourth-order valence-corrected chi connectivity index (χ4v) is 1.46. The van der Waals surface area contributed by atoms with Crippen LogP contribution in [0.5, 0.6) is 0 Å². The summed E-state index contributed by atoms with van der Waals surface area (Å²) in [6.45, 7) is 3.37. The Kier molecular flexibility index (Phi) is 3.39. The summed E-state index contributed by atoms with van der Waals surface area (Å²) in [4.78, 5) is 6.25. The van der Waals surface area contributed by atoms with Gasteiger partial charge in [-0.15, -0.1) is 0 Å². The second kappa shape index (κ2) is 4.97. The molecule has 17 heavy (non-hydrogen) atoms. The number of hydrogen-bond acceptors (Lipinski definition) is 5. The molecule has 0 saturated carbocycles. The summed E-state index contributed by atoms with van der Waals surface area (Å²) in [6, 6.07) is 7.80. The quantitative estimate of drug-likeness (QED) is 0.868. The molecular formula is C12H16N4O. The molecule has 5 heteroatoms. The van der Waals surface area contributed by atoms with Crippen LogP contribution in [0.4, 0.5) is 5.95 Å². The van der Waals surface area contributed by atoms with Gasteiger partial charge in [-0.3, -0.25) is 0 Å². The molecule has 0 aliphatic heterocycles. The van der Waals surface area contributed by atoms with Crippen LogP contribution in [0.3, 0.4) is 0 Å². The molecule has 0 fully saturated rings. The van der Waals surface area contributed by atoms with Gasteiger partial charge in [0, 0.05) is 25.7 Å². The average molecular weight is 232 g/mol. The Hall–Kier alpha value is -1.88. The van der Waals surface area contributed by atoms with Crippen molar-refractivity contribution in [2.75, 3.05) is 18.5 Å². The molecule has 1 aromatic carbocycles. The Morgan fingerprint density at radius 3 is 2.94 bits per heavy atom. The van der Waals surface area contributed by atoms with Gasteiger partial charge in [0.15, 0.2) is 0 Å². The zero-order valence-corrected chi connectivity index (χ0v) is 10.1. The standard InChI is InChI=1S/C12H16N4O/c1-3-16(2)12-14-11(17-15-12)10-6-4-5-9(7-10)8-13/h4-7H,3,8,13H2,1-2H3. The molecule has 2 aromatic rings. The molecule has 0 radical (unpaired) electrons. The van der Waals surface area contributed by atoms with Crippen molar-refractivity contribution in [3.8, 4) is 11.5 Å². The van der Waals surface area contributed by atoms with Gasteiger partial charge in [-0.05, 0) is 29.8 Å². The van der Waals surface area contributed by atoms with E-state index in [-0.39, 0.29) is 0 Å². The molecule has 2 N–H and O–H groups in total. The summed E-state index contributed by atoms with van der Waals surface area (Å²) in [6.07, 6.45) is 0. The lowest BCUT2D eigenvalue weighted by Crippen LogP contribution is -2.16. The Morgan fingerprint density at radius 1 is 1.41 bits per heavy atom. The van der Waals surface area contributed by atoms with Gasteiger partial charge in [0.05, 0.1) is 0 Å². The van der Waals surface area contributed by atoms with E-state index in [4.69, 9.17) is 10.3 Å². The van der Waals surface area contributed by atoms with E-state index >= 15 is 0 Å². The fourth-order valence-electron chi connectivity index (χ4n) is 1.46. The summed E-state index contributed by atoms with van der Waals surface area (Å²) in [7, 11) is 1.92. The third kappa shape index (κ3) is 2.45. The highest BCUT2D eigenvalue weighted by molar-refractivity contribution is 5.55. The minimum absolute atomic E-state index is 0.504. The third-order valence-electron chi connectivity index (χ3n) is 2.64. The number of benzene rings is 1. The van der Waals surface area contributed by atoms with Crippen molar-refractivity contribution in [2.24, 2.45) is 5.73 Å². The minimum Gasteiger partial charge on any atom is -0.342 e. The first-order chi connectivity index (χ1) is 8.24. The number of hydrogen-bond donors (Lipinski definition) is 1. The molecule has 0 aliphatic carbocycles. The average Bonchev–Trinajstić information content (AvgIpc) is 2.87. The smallest absolute Gasteiger partial charge is 0.266 e. The normalized spacial score (nSPS) is 10.5. The lowest BCUT2D eigenvalue weighted by atomic mass is 10.1. The van der Waals surface area contributed by atoms with Crippen LogP contribution in [0.1, 0.15) is 12.5 Å². The van der Waals surface area contributed by atoms with Gasteiger partial charge < -0.3 is 15.2 Å². The highest BCUT2D eigenvalue weighted by Gasteiger charge is 2.11. The predicted molar refractivity (Wildman–Crippen MR) is 66.6 cm³/mol. The summed E-state index contributed by atoms with van der Waals surface area (Å²) >= 11 is 0. The molecule has 2 rings (SSSR count). The first-order valence-corrected chi connectivity index (χ1v) is 5.58. The lowest BCUT2D eigenvalue weighted by molar-refractivity contribution is 0.430. The van der Waals surface area contributed by atoms with E-state index in [2.05, 4.69) is 10.1 Å². The molecule has 0 amide bonds. The van der Waals surface area contributed by atoms with Gasteiger partial charge in [0.1, 0.15) is 0 Å². The van der Waals surface area contributed by atoms with Crippen molar-refractivity contribution in [1.29, 1.82) is 0 Å². The van der Waals surface area contributed by atoms with E-state index in [1.165, 1.54) is 0 Å².